The average Bonchev–Trinajstić information content (AvgIpc) is 3.53. The third-order valence-corrected chi connectivity index (χ3v) is 5.60. The van der Waals surface area contributed by atoms with Gasteiger partial charge in [0.15, 0.2) is 17.7 Å². The van der Waals surface area contributed by atoms with Crippen molar-refractivity contribution in [3.8, 4) is 11.8 Å². The first kappa shape index (κ1) is 22.1. The van der Waals surface area contributed by atoms with E-state index in [9.17, 15) is 9.59 Å². The number of likely N-dealkylation sites (tertiary alicyclic amines) is 1. The minimum atomic E-state index is -0.646. The maximum Gasteiger partial charge on any atom is 0.255 e. The van der Waals surface area contributed by atoms with Crippen LogP contribution in [0.4, 0.5) is 5.82 Å². The third-order valence-electron chi connectivity index (χ3n) is 5.60. The number of fused-ring (bicyclic) bond motifs is 1. The molecule has 170 valence electrons. The summed E-state index contributed by atoms with van der Waals surface area (Å²) in [5.74, 6) is 5.60. The van der Waals surface area contributed by atoms with E-state index < -0.39 is 5.91 Å². The molecule has 2 aromatic heterocycles. The molecule has 1 fully saturated rings. The first-order valence-corrected chi connectivity index (χ1v) is 10.3. The number of anilines is 1. The molecule has 33 heavy (non-hydrogen) atoms. The second-order valence-corrected chi connectivity index (χ2v) is 7.61. The maximum atomic E-state index is 12.3. The molecule has 2 amide bonds. The Morgan fingerprint density at radius 1 is 1.42 bits per heavy atom. The molecule has 0 spiro atoms. The van der Waals surface area contributed by atoms with Crippen LogP contribution in [0.1, 0.15) is 34.1 Å². The highest BCUT2D eigenvalue weighted by Gasteiger charge is 2.37. The second-order valence-electron chi connectivity index (χ2n) is 7.61. The molecule has 3 aromatic rings. The third kappa shape index (κ3) is 4.18. The van der Waals surface area contributed by atoms with Crippen LogP contribution in [0.3, 0.4) is 0 Å². The van der Waals surface area contributed by atoms with E-state index in [-0.39, 0.29) is 29.2 Å². The van der Waals surface area contributed by atoms with Crippen LogP contribution in [0.5, 0.6) is 0 Å². The highest BCUT2D eigenvalue weighted by Crippen LogP contribution is 2.32. The number of carbonyl (C=O) groups is 2. The number of nitrogens with one attached hydrogen (secondary N) is 1. The fraction of sp³-hybridized carbons (Fsp3) is 0.304. The van der Waals surface area contributed by atoms with Crippen molar-refractivity contribution >= 4 is 28.7 Å². The lowest BCUT2D eigenvalue weighted by Crippen LogP contribution is -2.37. The number of hydrogen-bond acceptors (Lipinski definition) is 7. The van der Waals surface area contributed by atoms with E-state index in [1.807, 2.05) is 0 Å². The summed E-state index contributed by atoms with van der Waals surface area (Å²) in [6.07, 6.45) is 3.25. The van der Waals surface area contributed by atoms with Crippen molar-refractivity contribution in [1.29, 1.82) is 0 Å². The van der Waals surface area contributed by atoms with Gasteiger partial charge >= 0.3 is 0 Å². The Balaban J connectivity index is 1.72. The molecule has 1 aliphatic heterocycles. The molecule has 4 rings (SSSR count). The largest absolute Gasteiger partial charge is 0.443 e. The average molecular weight is 448 g/mol. The Kier molecular flexibility index (Phi) is 6.15. The van der Waals surface area contributed by atoms with Crippen LogP contribution in [-0.4, -0.2) is 64.8 Å². The minimum absolute atomic E-state index is 0.139. The van der Waals surface area contributed by atoms with Crippen molar-refractivity contribution in [2.45, 2.75) is 18.5 Å². The van der Waals surface area contributed by atoms with Gasteiger partial charge in [0, 0.05) is 26.3 Å². The second kappa shape index (κ2) is 9.18. The van der Waals surface area contributed by atoms with Crippen LogP contribution >= 0.6 is 0 Å². The molecule has 2 atom stereocenters. The van der Waals surface area contributed by atoms with Crippen molar-refractivity contribution in [2.75, 3.05) is 32.6 Å². The molecule has 1 saturated heterocycles. The number of rotatable bonds is 6. The molecule has 3 N–H and O–H groups in total. The van der Waals surface area contributed by atoms with Crippen LogP contribution < -0.4 is 11.1 Å². The molecule has 0 aliphatic carbocycles. The Labute approximate surface area is 190 Å². The molecule has 10 nitrogen and oxygen atoms in total. The number of hydrogen-bond donors (Lipinski definition) is 2. The highest BCUT2D eigenvalue weighted by atomic mass is 16.5. The van der Waals surface area contributed by atoms with E-state index in [1.165, 1.54) is 12.5 Å². The summed E-state index contributed by atoms with van der Waals surface area (Å²) in [4.78, 5) is 30.5. The van der Waals surface area contributed by atoms with E-state index in [2.05, 4.69) is 33.8 Å². The number of methoxy groups -OCH3 is 1. The van der Waals surface area contributed by atoms with Gasteiger partial charge in [-0.1, -0.05) is 12.5 Å². The summed E-state index contributed by atoms with van der Waals surface area (Å²) in [6.45, 7) is 4.36. The van der Waals surface area contributed by atoms with Gasteiger partial charge in [-0.05, 0) is 36.6 Å². The van der Waals surface area contributed by atoms with Crippen molar-refractivity contribution in [2.24, 2.45) is 5.73 Å². The molecule has 0 unspecified atom stereocenters. The number of amides is 2. The summed E-state index contributed by atoms with van der Waals surface area (Å²) < 4.78 is 12.2. The number of benzene rings is 1. The van der Waals surface area contributed by atoms with Crippen LogP contribution in [0, 0.1) is 11.8 Å². The topological polar surface area (TPSA) is 129 Å². The fourth-order valence-corrected chi connectivity index (χ4v) is 4.13. The zero-order valence-electron chi connectivity index (χ0n) is 18.4. The van der Waals surface area contributed by atoms with Crippen LogP contribution in [0.15, 0.2) is 41.7 Å². The number of oxazole rings is 1. The van der Waals surface area contributed by atoms with Gasteiger partial charge in [-0.25, -0.2) is 9.67 Å². The van der Waals surface area contributed by atoms with Gasteiger partial charge in [0.05, 0.1) is 18.7 Å². The van der Waals surface area contributed by atoms with Crippen molar-refractivity contribution in [3.05, 3.63) is 54.1 Å². The molecule has 1 aromatic carbocycles. The molecule has 0 radical (unpaired) electrons. The van der Waals surface area contributed by atoms with E-state index in [0.29, 0.717) is 42.1 Å². The van der Waals surface area contributed by atoms with Gasteiger partial charge in [-0.2, -0.15) is 5.10 Å². The number of carbonyl (C=O) groups excluding carboxylic acids is 2. The van der Waals surface area contributed by atoms with Gasteiger partial charge in [0.1, 0.15) is 16.9 Å². The number of ether oxygens (including phenoxy) is 1. The van der Waals surface area contributed by atoms with E-state index in [1.54, 1.807) is 41.9 Å². The molecular formula is C23H24N6O4. The summed E-state index contributed by atoms with van der Waals surface area (Å²) in [6, 6.07) is 5.03. The lowest BCUT2D eigenvalue weighted by molar-refractivity contribution is -0.127. The van der Waals surface area contributed by atoms with Gasteiger partial charge in [0.25, 0.3) is 5.91 Å². The lowest BCUT2D eigenvalue weighted by Gasteiger charge is -2.22. The first-order valence-electron chi connectivity index (χ1n) is 10.3. The van der Waals surface area contributed by atoms with Crippen LogP contribution in [0.25, 0.3) is 11.1 Å². The van der Waals surface area contributed by atoms with Crippen molar-refractivity contribution < 1.29 is 18.7 Å². The zero-order valence-corrected chi connectivity index (χ0v) is 18.4. The Morgan fingerprint density at radius 3 is 2.94 bits per heavy atom. The molecule has 3 heterocycles. The Bertz CT molecular complexity index is 1280. The fourth-order valence-electron chi connectivity index (χ4n) is 4.13. The first-order chi connectivity index (χ1) is 16.0. The van der Waals surface area contributed by atoms with Gasteiger partial charge in [-0.3, -0.25) is 9.59 Å². The number of primary amides is 1. The smallest absolute Gasteiger partial charge is 0.255 e. The van der Waals surface area contributed by atoms with E-state index >= 15 is 0 Å². The van der Waals surface area contributed by atoms with Crippen molar-refractivity contribution in [1.82, 2.24) is 19.7 Å². The summed E-state index contributed by atoms with van der Waals surface area (Å²) >= 11 is 0. The summed E-state index contributed by atoms with van der Waals surface area (Å²) in [7, 11) is 3.27. The minimum Gasteiger partial charge on any atom is -0.443 e. The van der Waals surface area contributed by atoms with Gasteiger partial charge < -0.3 is 25.1 Å². The van der Waals surface area contributed by atoms with Gasteiger partial charge in [-0.15, -0.1) is 0 Å². The van der Waals surface area contributed by atoms with Crippen LogP contribution in [-0.2, 0) is 9.53 Å². The number of nitrogens with zero attached hydrogens (tertiary/aromatic N) is 4. The Morgan fingerprint density at radius 2 is 2.24 bits per heavy atom. The monoisotopic (exact) mass is 448 g/mol. The SMILES string of the molecule is C=CC(=O)N1C[C@@H](n2nc(C#Cc3ccc4ocnc4c3)c(C(N)=O)c2NC)C[C@@H]1COC. The summed E-state index contributed by atoms with van der Waals surface area (Å²) in [5.41, 5.74) is 8.17. The standard InChI is InChI=1S/C23H24N6O4/c1-4-20(30)28-11-15(10-16(28)12-32-3)29-23(25-2)21(22(24)31)17(27-29)7-5-14-6-8-19-18(9-14)26-13-33-19/h4,6,8-9,13,15-16,25H,1,10-12H2,2-3H3,(H2,24,31)/t15-,16+/m0/s1. The number of aromatic nitrogens is 3. The predicted molar refractivity (Wildman–Crippen MR) is 122 cm³/mol. The normalized spacial score (nSPS) is 17.6. The lowest BCUT2D eigenvalue weighted by atomic mass is 10.1. The quantitative estimate of drug-likeness (QED) is 0.432. The Hall–Kier alpha value is -4.10. The summed E-state index contributed by atoms with van der Waals surface area (Å²) in [5, 5.41) is 7.63. The highest BCUT2D eigenvalue weighted by molar-refractivity contribution is 6.00. The predicted octanol–water partition coefficient (Wildman–Crippen LogP) is 1.54. The van der Waals surface area contributed by atoms with E-state index in [0.717, 1.165) is 0 Å². The molecular weight excluding hydrogens is 424 g/mol. The molecule has 10 heteroatoms. The number of nitrogens with two attached hydrogens (primary N) is 1. The maximum absolute atomic E-state index is 12.3. The molecule has 0 saturated carbocycles. The molecule has 0 bridgehead atoms. The van der Waals surface area contributed by atoms with Crippen molar-refractivity contribution in [3.63, 3.8) is 0 Å². The molecule has 1 aliphatic rings. The van der Waals surface area contributed by atoms with E-state index in [4.69, 9.17) is 14.9 Å². The van der Waals surface area contributed by atoms with Crippen LogP contribution in [0.2, 0.25) is 0 Å². The zero-order chi connectivity index (χ0) is 23.5. The van der Waals surface area contributed by atoms with Gasteiger partial charge in [0.2, 0.25) is 5.91 Å².